The topological polar surface area (TPSA) is 55.0 Å². The summed E-state index contributed by atoms with van der Waals surface area (Å²) in [6.45, 7) is 2.25. The van der Waals surface area contributed by atoms with Gasteiger partial charge in [0, 0.05) is 13.0 Å². The molecule has 1 aromatic rings. The van der Waals surface area contributed by atoms with E-state index in [1.807, 2.05) is 0 Å². The van der Waals surface area contributed by atoms with E-state index in [1.165, 1.54) is 6.92 Å². The lowest BCUT2D eigenvalue weighted by Gasteiger charge is -2.21. The van der Waals surface area contributed by atoms with Crippen LogP contribution in [0.1, 0.15) is 30.8 Å². The first-order chi connectivity index (χ1) is 7.66. The summed E-state index contributed by atoms with van der Waals surface area (Å²) in [6.07, 6.45) is 3.84. The van der Waals surface area contributed by atoms with Crippen molar-refractivity contribution >= 4 is 0 Å². The van der Waals surface area contributed by atoms with Gasteiger partial charge in [-0.15, -0.1) is 0 Å². The molecule has 5 heteroatoms. The molecule has 1 aliphatic rings. The van der Waals surface area contributed by atoms with Gasteiger partial charge in [0.05, 0.1) is 11.8 Å². The third kappa shape index (κ3) is 2.47. The van der Waals surface area contributed by atoms with Crippen molar-refractivity contribution in [3.63, 3.8) is 0 Å². The van der Waals surface area contributed by atoms with Crippen LogP contribution in [0.4, 0.5) is 4.39 Å². The Balaban J connectivity index is 2.12. The van der Waals surface area contributed by atoms with Gasteiger partial charge in [0.25, 0.3) is 5.56 Å². The van der Waals surface area contributed by atoms with Crippen LogP contribution in [0.25, 0.3) is 0 Å². The van der Waals surface area contributed by atoms with Crippen molar-refractivity contribution in [1.29, 1.82) is 0 Å². The summed E-state index contributed by atoms with van der Waals surface area (Å²) >= 11 is 0. The number of rotatable bonds is 2. The first-order valence-electron chi connectivity index (χ1n) is 5.53. The minimum absolute atomic E-state index is 0.0989. The Morgan fingerprint density at radius 2 is 2.38 bits per heavy atom. The molecule has 1 aliphatic heterocycles. The SMILES string of the molecule is Cc1nc(CC2CCCCO2)[nH]c(=O)c1F. The molecule has 1 unspecified atom stereocenters. The molecular formula is C11H15FN2O2. The van der Waals surface area contributed by atoms with Gasteiger partial charge in [-0.3, -0.25) is 4.79 Å². The number of nitrogens with one attached hydrogen (secondary N) is 1. The summed E-state index contributed by atoms with van der Waals surface area (Å²) in [4.78, 5) is 17.7. The van der Waals surface area contributed by atoms with E-state index in [-0.39, 0.29) is 11.8 Å². The van der Waals surface area contributed by atoms with E-state index in [2.05, 4.69) is 9.97 Å². The molecule has 0 saturated carbocycles. The van der Waals surface area contributed by atoms with Crippen molar-refractivity contribution in [2.45, 2.75) is 38.7 Å². The van der Waals surface area contributed by atoms with Gasteiger partial charge >= 0.3 is 0 Å². The summed E-state index contributed by atoms with van der Waals surface area (Å²) in [7, 11) is 0. The van der Waals surface area contributed by atoms with Gasteiger partial charge < -0.3 is 9.72 Å². The zero-order valence-corrected chi connectivity index (χ0v) is 9.25. The van der Waals surface area contributed by atoms with Gasteiger partial charge in [-0.25, -0.2) is 4.98 Å². The van der Waals surface area contributed by atoms with Crippen molar-refractivity contribution < 1.29 is 9.13 Å². The number of hydrogen-bond acceptors (Lipinski definition) is 3. The average Bonchev–Trinajstić information content (AvgIpc) is 2.27. The molecule has 0 amide bonds. The Morgan fingerprint density at radius 3 is 3.00 bits per heavy atom. The highest BCUT2D eigenvalue weighted by Gasteiger charge is 2.16. The van der Waals surface area contributed by atoms with Gasteiger partial charge in [-0.1, -0.05) is 0 Å². The molecule has 1 aromatic heterocycles. The number of aryl methyl sites for hydroxylation is 1. The van der Waals surface area contributed by atoms with Gasteiger partial charge in [-0.2, -0.15) is 4.39 Å². The smallest absolute Gasteiger partial charge is 0.287 e. The number of halogens is 1. The Labute approximate surface area is 92.9 Å². The molecule has 0 bridgehead atoms. The fourth-order valence-electron chi connectivity index (χ4n) is 1.91. The second-order valence-electron chi connectivity index (χ2n) is 4.10. The normalized spacial score (nSPS) is 21.0. The molecular weight excluding hydrogens is 211 g/mol. The summed E-state index contributed by atoms with van der Waals surface area (Å²) in [5.74, 6) is -0.288. The van der Waals surface area contributed by atoms with E-state index in [4.69, 9.17) is 4.74 Å². The van der Waals surface area contributed by atoms with Crippen LogP contribution in [0.2, 0.25) is 0 Å². The lowest BCUT2D eigenvalue weighted by molar-refractivity contribution is 0.0155. The summed E-state index contributed by atoms with van der Waals surface area (Å²) < 4.78 is 18.6. The largest absolute Gasteiger partial charge is 0.378 e. The predicted octanol–water partition coefficient (Wildman–Crippen LogP) is 1.33. The highest BCUT2D eigenvalue weighted by atomic mass is 19.1. The quantitative estimate of drug-likeness (QED) is 0.827. The summed E-state index contributed by atoms with van der Waals surface area (Å²) in [5, 5.41) is 0. The van der Waals surface area contributed by atoms with E-state index >= 15 is 0 Å². The summed E-state index contributed by atoms with van der Waals surface area (Å²) in [6, 6.07) is 0. The van der Waals surface area contributed by atoms with Crippen LogP contribution in [0.3, 0.4) is 0 Å². The lowest BCUT2D eigenvalue weighted by atomic mass is 10.1. The molecule has 1 fully saturated rings. The van der Waals surface area contributed by atoms with Gasteiger partial charge in [-0.05, 0) is 26.2 Å². The number of hydrogen-bond donors (Lipinski definition) is 1. The first kappa shape index (κ1) is 11.3. The Morgan fingerprint density at radius 1 is 1.56 bits per heavy atom. The molecule has 0 spiro atoms. The van der Waals surface area contributed by atoms with Crippen LogP contribution in [-0.2, 0) is 11.2 Å². The van der Waals surface area contributed by atoms with Crippen LogP contribution >= 0.6 is 0 Å². The van der Waals surface area contributed by atoms with Crippen LogP contribution in [0.5, 0.6) is 0 Å². The maximum atomic E-state index is 13.1. The van der Waals surface area contributed by atoms with Crippen LogP contribution in [0, 0.1) is 12.7 Å². The molecule has 2 rings (SSSR count). The van der Waals surface area contributed by atoms with Gasteiger partial charge in [0.1, 0.15) is 5.82 Å². The molecule has 0 aromatic carbocycles. The van der Waals surface area contributed by atoms with E-state index in [9.17, 15) is 9.18 Å². The van der Waals surface area contributed by atoms with Crippen LogP contribution in [0.15, 0.2) is 4.79 Å². The van der Waals surface area contributed by atoms with Crippen LogP contribution in [-0.4, -0.2) is 22.7 Å². The number of H-pyrrole nitrogens is 1. The van der Waals surface area contributed by atoms with E-state index < -0.39 is 11.4 Å². The number of aromatic amines is 1. The number of aromatic nitrogens is 2. The molecule has 2 heterocycles. The monoisotopic (exact) mass is 226 g/mol. The molecule has 0 radical (unpaired) electrons. The minimum Gasteiger partial charge on any atom is -0.378 e. The third-order valence-electron chi connectivity index (χ3n) is 2.77. The van der Waals surface area contributed by atoms with Gasteiger partial charge in [0.2, 0.25) is 5.82 Å². The summed E-state index contributed by atoms with van der Waals surface area (Å²) in [5.41, 5.74) is -0.548. The number of ether oxygens (including phenoxy) is 1. The van der Waals surface area contributed by atoms with Crippen molar-refractivity contribution in [2.75, 3.05) is 6.61 Å². The Kier molecular flexibility index (Phi) is 3.33. The molecule has 1 saturated heterocycles. The highest BCUT2D eigenvalue weighted by Crippen LogP contribution is 2.15. The van der Waals surface area contributed by atoms with Crippen molar-refractivity contribution in [3.05, 3.63) is 27.7 Å². The Bertz CT molecular complexity index is 424. The molecule has 1 atom stereocenters. The third-order valence-corrected chi connectivity index (χ3v) is 2.77. The fourth-order valence-corrected chi connectivity index (χ4v) is 1.91. The minimum atomic E-state index is -0.798. The van der Waals surface area contributed by atoms with E-state index in [0.29, 0.717) is 12.2 Å². The number of nitrogens with zero attached hydrogens (tertiary/aromatic N) is 1. The second kappa shape index (κ2) is 4.74. The highest BCUT2D eigenvalue weighted by molar-refractivity contribution is 5.04. The van der Waals surface area contributed by atoms with Gasteiger partial charge in [0.15, 0.2) is 0 Å². The lowest BCUT2D eigenvalue weighted by Crippen LogP contribution is -2.25. The maximum absolute atomic E-state index is 13.1. The molecule has 1 N–H and O–H groups in total. The molecule has 16 heavy (non-hydrogen) atoms. The second-order valence-corrected chi connectivity index (χ2v) is 4.10. The van der Waals surface area contributed by atoms with Crippen molar-refractivity contribution in [2.24, 2.45) is 0 Å². The maximum Gasteiger partial charge on any atom is 0.287 e. The van der Waals surface area contributed by atoms with E-state index in [1.54, 1.807) is 0 Å². The zero-order valence-electron chi connectivity index (χ0n) is 9.25. The van der Waals surface area contributed by atoms with Crippen molar-refractivity contribution in [1.82, 2.24) is 9.97 Å². The molecule has 88 valence electrons. The fraction of sp³-hybridized carbons (Fsp3) is 0.636. The predicted molar refractivity (Wildman–Crippen MR) is 56.8 cm³/mol. The molecule has 0 aliphatic carbocycles. The standard InChI is InChI=1S/C11H15FN2O2/c1-7-10(12)11(15)14-9(13-7)6-8-4-2-3-5-16-8/h8H,2-6H2,1H3,(H,13,14,15). The molecule has 4 nitrogen and oxygen atoms in total. The average molecular weight is 226 g/mol. The van der Waals surface area contributed by atoms with Crippen LogP contribution < -0.4 is 5.56 Å². The zero-order chi connectivity index (χ0) is 11.5. The van der Waals surface area contributed by atoms with Crippen molar-refractivity contribution in [3.8, 4) is 0 Å². The Hall–Kier alpha value is -1.23. The first-order valence-corrected chi connectivity index (χ1v) is 5.53. The van der Waals surface area contributed by atoms with E-state index in [0.717, 1.165) is 25.9 Å².